The van der Waals surface area contributed by atoms with Gasteiger partial charge in [-0.1, -0.05) is 5.70 Å². The molecule has 1 heteroatoms. The van der Waals surface area contributed by atoms with Crippen LogP contribution in [0.4, 0.5) is 0 Å². The molecule has 0 nitrogen and oxygen atoms in total. The number of rotatable bonds is 1. The normalized spacial score (nSPS) is 5.00. The van der Waals surface area contributed by atoms with E-state index >= 15 is 0 Å². The van der Waals surface area contributed by atoms with Crippen LogP contribution in [-0.2, 0) is 0 Å². The summed E-state index contributed by atoms with van der Waals surface area (Å²) >= 11 is 0. The molecule has 0 unspecified atom stereocenters. The fourth-order valence-corrected chi connectivity index (χ4v) is 0. The Kier molecular flexibility index (Phi) is 2.70. The summed E-state index contributed by atoms with van der Waals surface area (Å²) in [7, 11) is 0.296. The summed E-state index contributed by atoms with van der Waals surface area (Å²) in [5, 5.41) is 0. The molecule has 0 atom stereocenters. The van der Waals surface area contributed by atoms with E-state index in [0.29, 0.717) is 9.13 Å². The van der Waals surface area contributed by atoms with Crippen molar-refractivity contribution in [2.45, 2.75) is 0 Å². The van der Waals surface area contributed by atoms with Gasteiger partial charge >= 0.3 is 0 Å². The topological polar surface area (TPSA) is 0 Å². The van der Waals surface area contributed by atoms with Crippen molar-refractivity contribution in [3.8, 4) is 0 Å². The smallest absolute Gasteiger partial charge is 0.0115 e. The maximum atomic E-state index is 3.57. The molecule has 0 aliphatic heterocycles. The van der Waals surface area contributed by atoms with Crippen LogP contribution in [0.2, 0.25) is 0 Å². The van der Waals surface area contributed by atoms with Crippen molar-refractivity contribution in [3.63, 3.8) is 0 Å². The van der Waals surface area contributed by atoms with Gasteiger partial charge in [-0.05, 0) is 0 Å². The molecule has 0 saturated carbocycles. The molecule has 22 valence electrons. The zero-order valence-corrected chi connectivity index (χ0v) is 3.72. The molecule has 0 rings (SSSR count). The molecule has 0 fully saturated rings. The van der Waals surface area contributed by atoms with Gasteiger partial charge in [-0.25, -0.2) is 0 Å². The summed E-state index contributed by atoms with van der Waals surface area (Å²) in [6.07, 6.45) is 3.57. The quantitative estimate of drug-likeness (QED) is 0.381. The summed E-state index contributed by atoms with van der Waals surface area (Å²) in [5.41, 5.74) is 1.85. The zero-order valence-electron chi connectivity index (χ0n) is 2.57. The molecular formula is C3H6Si. The van der Waals surface area contributed by atoms with Crippen LogP contribution in [0.3, 0.4) is 0 Å². The summed E-state index contributed by atoms with van der Waals surface area (Å²) < 4.78 is 0. The van der Waals surface area contributed by atoms with Gasteiger partial charge < -0.3 is 0 Å². The minimum atomic E-state index is 0.296. The van der Waals surface area contributed by atoms with E-state index in [1.807, 2.05) is 5.70 Å². The molecule has 0 amide bonds. The molecule has 0 aromatic carbocycles. The molecule has 0 radical (unpaired) electrons. The van der Waals surface area contributed by atoms with E-state index in [1.54, 1.807) is 0 Å². The van der Waals surface area contributed by atoms with Crippen molar-refractivity contribution in [2.24, 2.45) is 0 Å². The van der Waals surface area contributed by atoms with E-state index in [4.69, 9.17) is 0 Å². The van der Waals surface area contributed by atoms with Crippen molar-refractivity contribution in [3.05, 3.63) is 12.3 Å². The molecule has 0 aliphatic rings. The monoisotopic (exact) mass is 70.0 g/mol. The van der Waals surface area contributed by atoms with Gasteiger partial charge in [-0.15, -0.1) is 12.8 Å². The van der Waals surface area contributed by atoms with Gasteiger partial charge in [0.25, 0.3) is 0 Å². The third-order valence-electron chi connectivity index (χ3n) is 0.167. The maximum absolute atomic E-state index is 3.57. The Morgan fingerprint density at radius 2 is 2.00 bits per heavy atom. The van der Waals surface area contributed by atoms with E-state index in [1.165, 1.54) is 0 Å². The third kappa shape index (κ3) is 1.83. The van der Waals surface area contributed by atoms with E-state index in [9.17, 15) is 0 Å². The molecule has 0 aromatic rings. The predicted octanol–water partition coefficient (Wildman–Crippen LogP) is -0.00160. The van der Waals surface area contributed by atoms with Crippen LogP contribution < -0.4 is 0 Å². The molecule has 0 spiro atoms. The highest BCUT2D eigenvalue weighted by Gasteiger charge is 1.31. The van der Waals surface area contributed by atoms with Crippen LogP contribution in [0.1, 0.15) is 0 Å². The van der Waals surface area contributed by atoms with Crippen molar-refractivity contribution < 1.29 is 0 Å². The highest BCUT2D eigenvalue weighted by atomic mass is 28.2. The van der Waals surface area contributed by atoms with Gasteiger partial charge in [-0.3, -0.25) is 0 Å². The third-order valence-corrected chi connectivity index (χ3v) is 0.500. The average Bonchev–Trinajstić information content (AvgIpc) is 1.37. The lowest BCUT2D eigenvalue weighted by molar-refractivity contribution is 2.62. The van der Waals surface area contributed by atoms with Crippen LogP contribution in [0.15, 0.2) is 12.3 Å². The van der Waals surface area contributed by atoms with Gasteiger partial charge in [0.15, 0.2) is 0 Å². The Labute approximate surface area is 28.6 Å². The Balaban J connectivity index is 2.73. The van der Waals surface area contributed by atoms with Crippen molar-refractivity contribution in [1.82, 2.24) is 0 Å². The largest absolute Gasteiger partial charge is 0.117 e. The van der Waals surface area contributed by atoms with Crippen LogP contribution in [0.5, 0.6) is 0 Å². The van der Waals surface area contributed by atoms with E-state index < -0.39 is 0 Å². The summed E-state index contributed by atoms with van der Waals surface area (Å²) in [6, 6.07) is 0. The van der Waals surface area contributed by atoms with Gasteiger partial charge in [-0.2, -0.15) is 0 Å². The highest BCUT2D eigenvalue weighted by molar-refractivity contribution is 6.46. The maximum Gasteiger partial charge on any atom is 0.0115 e. The fraction of sp³-hybridized carbons (Fsp3) is 0. The minimum absolute atomic E-state index is 0.296. The van der Waals surface area contributed by atoms with Gasteiger partial charge in [0.1, 0.15) is 0 Å². The molecule has 0 heterocycles. The van der Waals surface area contributed by atoms with Crippen molar-refractivity contribution >= 4 is 15.3 Å². The molecule has 0 bridgehead atoms. The highest BCUT2D eigenvalue weighted by Crippen LogP contribution is 1.31. The molecule has 0 N–H and O–H groups in total. The Morgan fingerprint density at radius 3 is 2.00 bits per heavy atom. The van der Waals surface area contributed by atoms with Crippen molar-refractivity contribution in [1.29, 1.82) is 0 Å². The van der Waals surface area contributed by atoms with Crippen LogP contribution in [0, 0.1) is 0 Å². The zero-order chi connectivity index (χ0) is 3.41. The molecule has 0 aromatic heterocycles. The first-order chi connectivity index (χ1) is 1.91. The second kappa shape index (κ2) is 2.83. The van der Waals surface area contributed by atoms with Gasteiger partial charge in [0.05, 0.1) is 0 Å². The number of hydrogen-bond donors (Lipinski definition) is 0. The molecule has 4 heavy (non-hydrogen) atoms. The Hall–Kier alpha value is -0.173. The summed E-state index contributed by atoms with van der Waals surface area (Å²) in [4.78, 5) is 0. The van der Waals surface area contributed by atoms with Gasteiger partial charge in [0.2, 0.25) is 0 Å². The van der Waals surface area contributed by atoms with Gasteiger partial charge in [0, 0.05) is 9.13 Å². The molecule has 0 saturated heterocycles. The lowest BCUT2D eigenvalue weighted by atomic mass is 11.3. The predicted molar refractivity (Wildman–Crippen MR) is 24.5 cm³/mol. The first kappa shape index (κ1) is 3.83. The van der Waals surface area contributed by atoms with E-state index in [0.717, 1.165) is 0 Å². The summed E-state index contributed by atoms with van der Waals surface area (Å²) in [5.74, 6) is 0. The first-order valence-corrected chi connectivity index (χ1v) is 2.63. The average molecular weight is 70.2 g/mol. The first-order valence-electron chi connectivity index (χ1n) is 1.15. The molecule has 0 aliphatic carbocycles. The standard InChI is InChI=1S/C3H6Si/c1-3-4-2/h3-4H,1-2H2. The fourth-order valence-electron chi connectivity index (χ4n) is 0. The van der Waals surface area contributed by atoms with Crippen molar-refractivity contribution in [2.75, 3.05) is 0 Å². The SMILES string of the molecule is C=C[SiH]=C. The second-order valence-corrected chi connectivity index (χ2v) is 1.41. The van der Waals surface area contributed by atoms with Crippen LogP contribution in [0.25, 0.3) is 0 Å². The Bertz CT molecular complexity index is 24.3. The second-order valence-electron chi connectivity index (χ2n) is 0.471. The molecular weight excluding hydrogens is 64.1 g/mol. The van der Waals surface area contributed by atoms with Crippen LogP contribution in [-0.4, -0.2) is 15.3 Å². The summed E-state index contributed by atoms with van der Waals surface area (Å²) in [6.45, 7) is 3.45. The number of hydrogen-bond acceptors (Lipinski definition) is 0. The minimum Gasteiger partial charge on any atom is -0.117 e. The Morgan fingerprint density at radius 1 is 1.75 bits per heavy atom. The lowest BCUT2D eigenvalue weighted by Gasteiger charge is -1.42. The van der Waals surface area contributed by atoms with E-state index in [2.05, 4.69) is 12.8 Å². The lowest BCUT2D eigenvalue weighted by Crippen LogP contribution is -1.51. The van der Waals surface area contributed by atoms with Crippen LogP contribution >= 0.6 is 0 Å². The van der Waals surface area contributed by atoms with E-state index in [-0.39, 0.29) is 0 Å².